The Kier molecular flexibility index (Phi) is 5.45. The molecule has 8 N–H and O–H groups in total. The van der Waals surface area contributed by atoms with E-state index in [4.69, 9.17) is 21.3 Å². The van der Waals surface area contributed by atoms with Crippen molar-refractivity contribution in [3.63, 3.8) is 0 Å². The molecule has 8 nitrogen and oxygen atoms in total. The zero-order valence-electron chi connectivity index (χ0n) is 9.85. The lowest BCUT2D eigenvalue weighted by Crippen LogP contribution is -2.37. The Morgan fingerprint density at radius 2 is 1.78 bits per heavy atom. The maximum Gasteiger partial charge on any atom is 0.320 e. The van der Waals surface area contributed by atoms with Gasteiger partial charge in [-0.25, -0.2) is 0 Å². The lowest BCUT2D eigenvalue weighted by molar-refractivity contribution is -0.138. The van der Waals surface area contributed by atoms with Crippen molar-refractivity contribution in [1.29, 1.82) is 0 Å². The molecule has 0 aliphatic carbocycles. The number of aliphatic hydroxyl groups is 3. The van der Waals surface area contributed by atoms with Crippen LogP contribution in [0.3, 0.4) is 0 Å². The van der Waals surface area contributed by atoms with Crippen molar-refractivity contribution < 1.29 is 30.0 Å². The number of rotatable bonds is 6. The van der Waals surface area contributed by atoms with Crippen molar-refractivity contribution in [2.45, 2.75) is 55.9 Å². The van der Waals surface area contributed by atoms with E-state index in [0.717, 1.165) is 0 Å². The number of nitrogens with two attached hydrogens (primary N) is 2. The molecule has 0 aromatic carbocycles. The maximum absolute atomic E-state index is 10.5. The molecule has 1 aliphatic rings. The highest BCUT2D eigenvalue weighted by atomic mass is 16.6. The first-order chi connectivity index (χ1) is 8.32. The van der Waals surface area contributed by atoms with Crippen LogP contribution < -0.4 is 11.5 Å². The third-order valence-electron chi connectivity index (χ3n) is 3.04. The molecule has 1 rings (SSSR count). The summed E-state index contributed by atoms with van der Waals surface area (Å²) in [4.78, 5) is 10.5. The van der Waals surface area contributed by atoms with Crippen molar-refractivity contribution in [2.24, 2.45) is 11.5 Å². The predicted octanol–water partition coefficient (Wildman–Crippen LogP) is -2.67. The van der Waals surface area contributed by atoms with Crippen molar-refractivity contribution >= 4 is 5.97 Å². The maximum atomic E-state index is 10.5. The normalized spacial score (nSPS) is 35.4. The van der Waals surface area contributed by atoms with Crippen LogP contribution in [-0.2, 0) is 9.53 Å². The van der Waals surface area contributed by atoms with Crippen LogP contribution in [-0.4, -0.2) is 63.1 Å². The molecule has 18 heavy (non-hydrogen) atoms. The van der Waals surface area contributed by atoms with E-state index in [1.54, 1.807) is 0 Å². The van der Waals surface area contributed by atoms with E-state index < -0.39 is 42.7 Å². The largest absolute Gasteiger partial charge is 0.480 e. The summed E-state index contributed by atoms with van der Waals surface area (Å²) in [6, 6.07) is -1.39. The number of carboxylic acids is 1. The van der Waals surface area contributed by atoms with Crippen LogP contribution in [0.1, 0.15) is 19.3 Å². The van der Waals surface area contributed by atoms with Crippen LogP contribution >= 0.6 is 0 Å². The van der Waals surface area contributed by atoms with Gasteiger partial charge in [0.1, 0.15) is 18.2 Å². The van der Waals surface area contributed by atoms with Gasteiger partial charge in [0.2, 0.25) is 0 Å². The first-order valence-electron chi connectivity index (χ1n) is 5.76. The van der Waals surface area contributed by atoms with E-state index >= 15 is 0 Å². The fraction of sp³-hybridized carbons (Fsp3) is 0.900. The van der Waals surface area contributed by atoms with Gasteiger partial charge >= 0.3 is 5.97 Å². The molecule has 0 spiro atoms. The van der Waals surface area contributed by atoms with Gasteiger partial charge in [-0.05, 0) is 19.3 Å². The highest BCUT2D eigenvalue weighted by molar-refractivity contribution is 5.72. The molecule has 1 heterocycles. The van der Waals surface area contributed by atoms with Gasteiger partial charge in [0.25, 0.3) is 0 Å². The molecule has 0 radical (unpaired) electrons. The predicted molar refractivity (Wildman–Crippen MR) is 60.3 cm³/mol. The van der Waals surface area contributed by atoms with Crippen LogP contribution in [0.5, 0.6) is 0 Å². The van der Waals surface area contributed by atoms with Gasteiger partial charge in [-0.2, -0.15) is 0 Å². The Balaban J connectivity index is 2.32. The number of hydrogen-bond donors (Lipinski definition) is 6. The molecule has 106 valence electrons. The Labute approximate surface area is 104 Å². The van der Waals surface area contributed by atoms with Gasteiger partial charge in [-0.1, -0.05) is 0 Å². The minimum Gasteiger partial charge on any atom is -0.480 e. The molecule has 8 heteroatoms. The highest BCUT2D eigenvalue weighted by Crippen LogP contribution is 2.23. The molecular weight excluding hydrogens is 244 g/mol. The number of carboxylic acid groups (broad SMARTS) is 1. The van der Waals surface area contributed by atoms with Crippen LogP contribution in [0.4, 0.5) is 0 Å². The molecule has 0 aromatic heterocycles. The van der Waals surface area contributed by atoms with Gasteiger partial charge in [-0.3, -0.25) is 4.79 Å². The van der Waals surface area contributed by atoms with E-state index in [2.05, 4.69) is 0 Å². The summed E-state index contributed by atoms with van der Waals surface area (Å²) in [6.45, 7) is 0. The van der Waals surface area contributed by atoms with Gasteiger partial charge in [0.15, 0.2) is 6.29 Å². The van der Waals surface area contributed by atoms with E-state index in [9.17, 15) is 20.1 Å². The standard InChI is InChI=1S/C10H20N2O6/c11-4(1-2-5(12)9(15)16)3-6-7(13)8(14)10(17)18-6/h4-8,10,13-14,17H,1-3,11-12H2,(H,15,16)/t4?,5-,6+,7+,8+,10+/m0/s1. The van der Waals surface area contributed by atoms with Gasteiger partial charge in [0, 0.05) is 6.04 Å². The minimum atomic E-state index is -1.42. The average molecular weight is 264 g/mol. The Morgan fingerprint density at radius 3 is 2.22 bits per heavy atom. The molecule has 0 aromatic rings. The summed E-state index contributed by atoms with van der Waals surface area (Å²) in [5, 5.41) is 36.6. The summed E-state index contributed by atoms with van der Waals surface area (Å²) in [7, 11) is 0. The zero-order chi connectivity index (χ0) is 13.9. The van der Waals surface area contributed by atoms with Crippen LogP contribution in [0, 0.1) is 0 Å². The van der Waals surface area contributed by atoms with E-state index in [1.165, 1.54) is 0 Å². The minimum absolute atomic E-state index is 0.210. The van der Waals surface area contributed by atoms with Crippen LogP contribution in [0.2, 0.25) is 0 Å². The van der Waals surface area contributed by atoms with Crippen LogP contribution in [0.25, 0.3) is 0 Å². The first-order valence-corrected chi connectivity index (χ1v) is 5.76. The Bertz CT molecular complexity index is 290. The molecular formula is C10H20N2O6. The monoisotopic (exact) mass is 264 g/mol. The molecule has 1 fully saturated rings. The Morgan fingerprint density at radius 1 is 1.17 bits per heavy atom. The van der Waals surface area contributed by atoms with Crippen molar-refractivity contribution in [2.75, 3.05) is 0 Å². The third-order valence-corrected chi connectivity index (χ3v) is 3.04. The molecule has 1 unspecified atom stereocenters. The van der Waals surface area contributed by atoms with Gasteiger partial charge in [0.05, 0.1) is 6.10 Å². The average Bonchev–Trinajstić information content (AvgIpc) is 2.54. The topological polar surface area (TPSA) is 159 Å². The molecule has 0 amide bonds. The summed E-state index contributed by atoms with van der Waals surface area (Å²) in [6.07, 6.45) is -3.94. The summed E-state index contributed by atoms with van der Waals surface area (Å²) in [5.74, 6) is -1.09. The highest BCUT2D eigenvalue weighted by Gasteiger charge is 2.42. The zero-order valence-corrected chi connectivity index (χ0v) is 9.85. The number of hydrogen-bond acceptors (Lipinski definition) is 7. The van der Waals surface area contributed by atoms with Crippen LogP contribution in [0.15, 0.2) is 0 Å². The van der Waals surface area contributed by atoms with Crippen molar-refractivity contribution in [1.82, 2.24) is 0 Å². The second-order valence-electron chi connectivity index (χ2n) is 4.56. The lowest BCUT2D eigenvalue weighted by Gasteiger charge is -2.19. The van der Waals surface area contributed by atoms with E-state index in [-0.39, 0.29) is 12.8 Å². The number of carbonyl (C=O) groups is 1. The van der Waals surface area contributed by atoms with E-state index in [1.807, 2.05) is 0 Å². The molecule has 0 bridgehead atoms. The molecule has 1 saturated heterocycles. The quantitative estimate of drug-likeness (QED) is 0.303. The molecule has 6 atom stereocenters. The summed E-state index contributed by atoms with van der Waals surface area (Å²) < 4.78 is 4.94. The lowest BCUT2D eigenvalue weighted by atomic mass is 9.99. The molecule has 0 saturated carbocycles. The Hall–Kier alpha value is -0.770. The second-order valence-corrected chi connectivity index (χ2v) is 4.56. The number of aliphatic hydroxyl groups excluding tert-OH is 3. The second kappa shape index (κ2) is 6.41. The van der Waals surface area contributed by atoms with Crippen molar-refractivity contribution in [3.8, 4) is 0 Å². The number of ether oxygens (including phenoxy) is 1. The summed E-state index contributed by atoms with van der Waals surface area (Å²) in [5.41, 5.74) is 11.1. The fourth-order valence-corrected chi connectivity index (χ4v) is 1.86. The third kappa shape index (κ3) is 3.87. The smallest absolute Gasteiger partial charge is 0.320 e. The fourth-order valence-electron chi connectivity index (χ4n) is 1.86. The summed E-state index contributed by atoms with van der Waals surface area (Å²) >= 11 is 0. The first kappa shape index (κ1) is 15.3. The van der Waals surface area contributed by atoms with Crippen molar-refractivity contribution in [3.05, 3.63) is 0 Å². The van der Waals surface area contributed by atoms with Gasteiger partial charge < -0.3 is 36.6 Å². The van der Waals surface area contributed by atoms with Gasteiger partial charge in [-0.15, -0.1) is 0 Å². The van der Waals surface area contributed by atoms with E-state index in [0.29, 0.717) is 6.42 Å². The SMILES string of the molecule is NC(CC[C@H](N)C(=O)O)C[C@H]1O[C@@H](O)[C@H](O)[C@@H]1O. The number of aliphatic carboxylic acids is 1. The molecule has 1 aliphatic heterocycles.